The van der Waals surface area contributed by atoms with Gasteiger partial charge >= 0.3 is 0 Å². The smallest absolute Gasteiger partial charge is 0.194 e. The predicted octanol–water partition coefficient (Wildman–Crippen LogP) is 5.19. The molecule has 0 radical (unpaired) electrons. The van der Waals surface area contributed by atoms with Crippen LogP contribution in [0, 0.1) is 3.57 Å². The van der Waals surface area contributed by atoms with Crippen molar-refractivity contribution in [2.45, 2.75) is 0 Å². The van der Waals surface area contributed by atoms with Gasteiger partial charge in [-0.25, -0.2) is 0 Å². The van der Waals surface area contributed by atoms with Gasteiger partial charge in [-0.2, -0.15) is 0 Å². The molecule has 3 aromatic carbocycles. The lowest BCUT2D eigenvalue weighted by molar-refractivity contribution is 0.103. The van der Waals surface area contributed by atoms with E-state index in [1.165, 1.54) is 0 Å². The molecule has 0 atom stereocenters. The molecular weight excluding hydrogens is 371 g/mol. The third kappa shape index (κ3) is 3.05. The van der Waals surface area contributed by atoms with Crippen molar-refractivity contribution in [3.8, 4) is 11.1 Å². The first-order valence-electron chi connectivity index (χ1n) is 6.70. The highest BCUT2D eigenvalue weighted by atomic mass is 127. The van der Waals surface area contributed by atoms with E-state index in [1.54, 1.807) is 0 Å². The van der Waals surface area contributed by atoms with Crippen molar-refractivity contribution >= 4 is 28.4 Å². The highest BCUT2D eigenvalue weighted by Gasteiger charge is 2.11. The van der Waals surface area contributed by atoms with Crippen LogP contribution in [0.5, 0.6) is 0 Å². The summed E-state index contributed by atoms with van der Waals surface area (Å²) in [4.78, 5) is 12.5. The summed E-state index contributed by atoms with van der Waals surface area (Å²) in [6, 6.07) is 25.6. The Kier molecular flexibility index (Phi) is 4.15. The van der Waals surface area contributed by atoms with E-state index < -0.39 is 0 Å². The van der Waals surface area contributed by atoms with Gasteiger partial charge in [-0.3, -0.25) is 4.79 Å². The van der Waals surface area contributed by atoms with Gasteiger partial charge < -0.3 is 0 Å². The Balaban J connectivity index is 1.91. The van der Waals surface area contributed by atoms with E-state index in [0.717, 1.165) is 25.8 Å². The molecule has 102 valence electrons. The molecule has 0 bridgehead atoms. The van der Waals surface area contributed by atoms with E-state index >= 15 is 0 Å². The van der Waals surface area contributed by atoms with Gasteiger partial charge in [0, 0.05) is 14.7 Å². The summed E-state index contributed by atoms with van der Waals surface area (Å²) in [5.74, 6) is 0.0691. The summed E-state index contributed by atoms with van der Waals surface area (Å²) in [6.45, 7) is 0. The highest BCUT2D eigenvalue weighted by molar-refractivity contribution is 14.1. The quantitative estimate of drug-likeness (QED) is 0.449. The second-order valence-electron chi connectivity index (χ2n) is 4.75. The average Bonchev–Trinajstić information content (AvgIpc) is 2.56. The van der Waals surface area contributed by atoms with Crippen molar-refractivity contribution in [3.05, 3.63) is 93.6 Å². The average molecular weight is 384 g/mol. The van der Waals surface area contributed by atoms with Crippen LogP contribution in [-0.4, -0.2) is 5.78 Å². The van der Waals surface area contributed by atoms with E-state index in [1.807, 2.05) is 66.7 Å². The molecule has 0 aliphatic heterocycles. The number of carbonyl (C=O) groups excluding carboxylic acids is 1. The molecule has 0 N–H and O–H groups in total. The summed E-state index contributed by atoms with van der Waals surface area (Å²) in [5, 5.41) is 0. The van der Waals surface area contributed by atoms with Gasteiger partial charge in [-0.1, -0.05) is 66.7 Å². The third-order valence-corrected chi connectivity index (χ3v) is 4.31. The molecule has 3 rings (SSSR count). The normalized spacial score (nSPS) is 10.3. The molecule has 0 fully saturated rings. The van der Waals surface area contributed by atoms with Gasteiger partial charge in [-0.15, -0.1) is 0 Å². The number of hydrogen-bond acceptors (Lipinski definition) is 1. The minimum Gasteiger partial charge on any atom is -0.289 e. The second-order valence-corrected chi connectivity index (χ2v) is 5.91. The number of carbonyl (C=O) groups is 1. The number of hydrogen-bond donors (Lipinski definition) is 0. The number of ketones is 1. The number of rotatable bonds is 3. The molecule has 3 aromatic rings. The van der Waals surface area contributed by atoms with Crippen molar-refractivity contribution < 1.29 is 4.79 Å². The van der Waals surface area contributed by atoms with Crippen LogP contribution in [0.4, 0.5) is 0 Å². The fourth-order valence-corrected chi connectivity index (χ4v) is 2.88. The van der Waals surface area contributed by atoms with Crippen LogP contribution < -0.4 is 0 Å². The SMILES string of the molecule is O=C(c1ccc(-c2ccccc2)cc1)c1ccccc1I. The first-order valence-corrected chi connectivity index (χ1v) is 7.78. The lowest BCUT2D eigenvalue weighted by atomic mass is 9.99. The topological polar surface area (TPSA) is 17.1 Å². The maximum absolute atomic E-state index is 12.5. The van der Waals surface area contributed by atoms with Crippen LogP contribution in [0.15, 0.2) is 78.9 Å². The summed E-state index contributed by atoms with van der Waals surface area (Å²) >= 11 is 2.20. The predicted molar refractivity (Wildman–Crippen MR) is 94.5 cm³/mol. The molecule has 0 heterocycles. The van der Waals surface area contributed by atoms with E-state index in [-0.39, 0.29) is 5.78 Å². The Morgan fingerprint density at radius 2 is 1.24 bits per heavy atom. The molecule has 1 nitrogen and oxygen atoms in total. The molecule has 21 heavy (non-hydrogen) atoms. The zero-order valence-electron chi connectivity index (χ0n) is 11.3. The monoisotopic (exact) mass is 384 g/mol. The van der Waals surface area contributed by atoms with Gasteiger partial charge in [0.05, 0.1) is 0 Å². The maximum Gasteiger partial charge on any atom is 0.194 e. The molecule has 0 aliphatic rings. The van der Waals surface area contributed by atoms with Gasteiger partial charge in [0.1, 0.15) is 0 Å². The maximum atomic E-state index is 12.5. The fourth-order valence-electron chi connectivity index (χ4n) is 2.25. The first-order chi connectivity index (χ1) is 10.3. The molecule has 0 saturated heterocycles. The van der Waals surface area contributed by atoms with Gasteiger partial charge in [0.25, 0.3) is 0 Å². The summed E-state index contributed by atoms with van der Waals surface area (Å²) in [7, 11) is 0. The minimum absolute atomic E-state index is 0.0691. The van der Waals surface area contributed by atoms with Crippen molar-refractivity contribution in [1.29, 1.82) is 0 Å². The van der Waals surface area contributed by atoms with E-state index in [9.17, 15) is 4.79 Å². The third-order valence-electron chi connectivity index (χ3n) is 3.37. The van der Waals surface area contributed by atoms with Crippen molar-refractivity contribution in [3.63, 3.8) is 0 Å². The lowest BCUT2D eigenvalue weighted by Crippen LogP contribution is -2.03. The fraction of sp³-hybridized carbons (Fsp3) is 0. The Morgan fingerprint density at radius 3 is 1.90 bits per heavy atom. The molecule has 0 spiro atoms. The minimum atomic E-state index is 0.0691. The Morgan fingerprint density at radius 1 is 0.667 bits per heavy atom. The standard InChI is InChI=1S/C19H13IO/c20-18-9-5-4-8-17(18)19(21)16-12-10-15(11-13-16)14-6-2-1-3-7-14/h1-13H. The summed E-state index contributed by atoms with van der Waals surface area (Å²) < 4.78 is 0.979. The van der Waals surface area contributed by atoms with Crippen molar-refractivity contribution in [2.75, 3.05) is 0 Å². The lowest BCUT2D eigenvalue weighted by Gasteiger charge is -2.05. The van der Waals surface area contributed by atoms with Crippen LogP contribution in [0.2, 0.25) is 0 Å². The summed E-state index contributed by atoms with van der Waals surface area (Å²) in [6.07, 6.45) is 0. The Hall–Kier alpha value is -1.94. The van der Waals surface area contributed by atoms with Crippen LogP contribution >= 0.6 is 22.6 Å². The van der Waals surface area contributed by atoms with Gasteiger partial charge in [0.2, 0.25) is 0 Å². The highest BCUT2D eigenvalue weighted by Crippen LogP contribution is 2.21. The second kappa shape index (κ2) is 6.22. The van der Waals surface area contributed by atoms with Crippen LogP contribution in [0.3, 0.4) is 0 Å². The largest absolute Gasteiger partial charge is 0.289 e. The molecule has 0 saturated carbocycles. The molecule has 2 heteroatoms. The Labute approximate surface area is 137 Å². The van der Waals surface area contributed by atoms with E-state index in [2.05, 4.69) is 34.7 Å². The van der Waals surface area contributed by atoms with Crippen LogP contribution in [0.1, 0.15) is 15.9 Å². The van der Waals surface area contributed by atoms with E-state index in [0.29, 0.717) is 0 Å². The zero-order chi connectivity index (χ0) is 14.7. The molecule has 0 unspecified atom stereocenters. The molecule has 0 aliphatic carbocycles. The number of benzene rings is 3. The Bertz CT molecular complexity index is 761. The number of halogens is 1. The van der Waals surface area contributed by atoms with Crippen molar-refractivity contribution in [1.82, 2.24) is 0 Å². The van der Waals surface area contributed by atoms with Gasteiger partial charge in [0.15, 0.2) is 5.78 Å². The molecule has 0 amide bonds. The van der Waals surface area contributed by atoms with Crippen LogP contribution in [-0.2, 0) is 0 Å². The summed E-state index contributed by atoms with van der Waals surface area (Å²) in [5.41, 5.74) is 3.75. The zero-order valence-corrected chi connectivity index (χ0v) is 13.4. The van der Waals surface area contributed by atoms with Crippen LogP contribution in [0.25, 0.3) is 11.1 Å². The molecule has 0 aromatic heterocycles. The van der Waals surface area contributed by atoms with Crippen molar-refractivity contribution in [2.24, 2.45) is 0 Å². The first kappa shape index (κ1) is 14.0. The van der Waals surface area contributed by atoms with E-state index in [4.69, 9.17) is 0 Å². The van der Waals surface area contributed by atoms with Gasteiger partial charge in [-0.05, 0) is 45.9 Å². The molecular formula is C19H13IO.